The van der Waals surface area contributed by atoms with Gasteiger partial charge in [-0.1, -0.05) is 12.1 Å². The Kier molecular flexibility index (Phi) is 4.04. The molecule has 1 aromatic carbocycles. The lowest BCUT2D eigenvalue weighted by molar-refractivity contribution is 0.490. The van der Waals surface area contributed by atoms with Crippen molar-refractivity contribution < 1.29 is 0 Å². The molecule has 1 aromatic heterocycles. The molecule has 1 aliphatic rings. The largest absolute Gasteiger partial charge is 0.328 e. The molecule has 3 rings (SSSR count). The number of thioether (sulfide) groups is 1. The minimum Gasteiger partial charge on any atom is -0.328 e. The molecule has 19 heavy (non-hydrogen) atoms. The zero-order valence-corrected chi connectivity index (χ0v) is 12.8. The van der Waals surface area contributed by atoms with Crippen molar-refractivity contribution >= 4 is 34.4 Å². The summed E-state index contributed by atoms with van der Waals surface area (Å²) in [5, 5.41) is 0. The molecule has 2 aromatic rings. The molecule has 0 radical (unpaired) electrons. The number of halogens is 1. The van der Waals surface area contributed by atoms with Gasteiger partial charge >= 0.3 is 0 Å². The lowest BCUT2D eigenvalue weighted by Gasteiger charge is -2.13. The highest BCUT2D eigenvalue weighted by atomic mass is 35.5. The minimum atomic E-state index is 0.641. The first kappa shape index (κ1) is 13.3. The fourth-order valence-corrected chi connectivity index (χ4v) is 4.24. The number of alkyl halides is 1. The maximum absolute atomic E-state index is 5.93. The molecule has 0 saturated carbocycles. The SMILES string of the molecule is Cc1cccc2c1nc(CCCl)n2CC1CCSC1. The molecule has 102 valence electrons. The number of aromatic nitrogens is 2. The second-order valence-electron chi connectivity index (χ2n) is 5.25. The zero-order valence-electron chi connectivity index (χ0n) is 11.2. The van der Waals surface area contributed by atoms with E-state index in [1.165, 1.54) is 29.0 Å². The van der Waals surface area contributed by atoms with Gasteiger partial charge in [0.1, 0.15) is 5.82 Å². The van der Waals surface area contributed by atoms with E-state index >= 15 is 0 Å². The average molecular weight is 295 g/mol. The van der Waals surface area contributed by atoms with Gasteiger partial charge in [-0.05, 0) is 42.4 Å². The molecular formula is C15H19ClN2S. The van der Waals surface area contributed by atoms with Crippen LogP contribution in [0.3, 0.4) is 0 Å². The molecule has 2 nitrogen and oxygen atoms in total. The van der Waals surface area contributed by atoms with Gasteiger partial charge in [0.05, 0.1) is 11.0 Å². The van der Waals surface area contributed by atoms with Gasteiger partial charge in [0.15, 0.2) is 0 Å². The second-order valence-corrected chi connectivity index (χ2v) is 6.78. The Morgan fingerprint density at radius 1 is 1.47 bits per heavy atom. The first-order valence-electron chi connectivity index (χ1n) is 6.88. The quantitative estimate of drug-likeness (QED) is 0.797. The zero-order chi connectivity index (χ0) is 13.2. The molecule has 0 spiro atoms. The van der Waals surface area contributed by atoms with Crippen LogP contribution in [0.4, 0.5) is 0 Å². The van der Waals surface area contributed by atoms with E-state index in [4.69, 9.17) is 16.6 Å². The standard InChI is InChI=1S/C15H19ClN2S/c1-11-3-2-4-13-15(11)17-14(5-7-16)18(13)9-12-6-8-19-10-12/h2-4,12H,5-10H2,1H3. The van der Waals surface area contributed by atoms with Gasteiger partial charge in [-0.3, -0.25) is 0 Å². The predicted molar refractivity (Wildman–Crippen MR) is 84.3 cm³/mol. The van der Waals surface area contributed by atoms with Crippen LogP contribution in [0.15, 0.2) is 18.2 Å². The molecule has 0 aliphatic carbocycles. The maximum atomic E-state index is 5.93. The van der Waals surface area contributed by atoms with Gasteiger partial charge in [-0.2, -0.15) is 11.8 Å². The van der Waals surface area contributed by atoms with Crippen molar-refractivity contribution in [3.63, 3.8) is 0 Å². The third kappa shape index (κ3) is 2.63. The Hall–Kier alpha value is -0.670. The van der Waals surface area contributed by atoms with Crippen molar-refractivity contribution in [2.75, 3.05) is 17.4 Å². The minimum absolute atomic E-state index is 0.641. The monoisotopic (exact) mass is 294 g/mol. The van der Waals surface area contributed by atoms with Gasteiger partial charge in [0.25, 0.3) is 0 Å². The molecule has 0 amide bonds. The molecule has 1 aliphatic heterocycles. The van der Waals surface area contributed by atoms with Crippen LogP contribution in [0.1, 0.15) is 17.8 Å². The summed E-state index contributed by atoms with van der Waals surface area (Å²) in [7, 11) is 0. The van der Waals surface area contributed by atoms with E-state index in [9.17, 15) is 0 Å². The topological polar surface area (TPSA) is 17.8 Å². The van der Waals surface area contributed by atoms with E-state index in [1.807, 2.05) is 0 Å². The molecule has 0 bridgehead atoms. The summed E-state index contributed by atoms with van der Waals surface area (Å²) in [5.41, 5.74) is 3.68. The Labute approximate surface area is 123 Å². The fourth-order valence-electron chi connectivity index (χ4n) is 2.80. The molecule has 1 unspecified atom stereocenters. The van der Waals surface area contributed by atoms with Gasteiger partial charge in [0.2, 0.25) is 0 Å². The first-order valence-corrected chi connectivity index (χ1v) is 8.57. The number of para-hydroxylation sites is 1. The van der Waals surface area contributed by atoms with E-state index < -0.39 is 0 Å². The lowest BCUT2D eigenvalue weighted by atomic mass is 10.1. The Bertz CT molecular complexity index is 573. The van der Waals surface area contributed by atoms with Gasteiger partial charge in [0, 0.05) is 18.8 Å². The Balaban J connectivity index is 2.02. The van der Waals surface area contributed by atoms with Gasteiger partial charge in [-0.25, -0.2) is 4.98 Å². The molecular weight excluding hydrogens is 276 g/mol. The van der Waals surface area contributed by atoms with Crippen LogP contribution in [0.25, 0.3) is 11.0 Å². The summed E-state index contributed by atoms with van der Waals surface area (Å²) in [4.78, 5) is 4.82. The van der Waals surface area contributed by atoms with Crippen molar-refractivity contribution in [3.05, 3.63) is 29.6 Å². The molecule has 1 fully saturated rings. The van der Waals surface area contributed by atoms with Crippen LogP contribution in [-0.4, -0.2) is 26.9 Å². The Morgan fingerprint density at radius 3 is 3.11 bits per heavy atom. The number of hydrogen-bond donors (Lipinski definition) is 0. The van der Waals surface area contributed by atoms with Crippen molar-refractivity contribution in [2.24, 2.45) is 5.92 Å². The number of hydrogen-bond acceptors (Lipinski definition) is 2. The fraction of sp³-hybridized carbons (Fsp3) is 0.533. The molecule has 4 heteroatoms. The average Bonchev–Trinajstić information content (AvgIpc) is 3.01. The van der Waals surface area contributed by atoms with Gasteiger partial charge in [-0.15, -0.1) is 11.6 Å². The second kappa shape index (κ2) is 5.76. The van der Waals surface area contributed by atoms with E-state index in [2.05, 4.69) is 41.5 Å². The summed E-state index contributed by atoms with van der Waals surface area (Å²) in [6, 6.07) is 6.45. The van der Waals surface area contributed by atoms with Crippen molar-refractivity contribution in [2.45, 2.75) is 26.3 Å². The van der Waals surface area contributed by atoms with Crippen molar-refractivity contribution in [1.29, 1.82) is 0 Å². The smallest absolute Gasteiger partial charge is 0.111 e. The number of benzene rings is 1. The van der Waals surface area contributed by atoms with Crippen LogP contribution in [0.2, 0.25) is 0 Å². The van der Waals surface area contributed by atoms with Crippen molar-refractivity contribution in [3.8, 4) is 0 Å². The van der Waals surface area contributed by atoms with E-state index in [0.29, 0.717) is 5.88 Å². The number of fused-ring (bicyclic) bond motifs is 1. The summed E-state index contributed by atoms with van der Waals surface area (Å²) >= 11 is 8.01. The third-order valence-electron chi connectivity index (χ3n) is 3.84. The summed E-state index contributed by atoms with van der Waals surface area (Å²) < 4.78 is 2.40. The van der Waals surface area contributed by atoms with Crippen molar-refractivity contribution in [1.82, 2.24) is 9.55 Å². The highest BCUT2D eigenvalue weighted by molar-refractivity contribution is 7.99. The maximum Gasteiger partial charge on any atom is 0.111 e. The van der Waals surface area contributed by atoms with E-state index in [0.717, 1.165) is 30.2 Å². The summed E-state index contributed by atoms with van der Waals surface area (Å²) in [6.07, 6.45) is 2.19. The predicted octanol–water partition coefficient (Wildman–Crippen LogP) is 3.88. The first-order chi connectivity index (χ1) is 9.29. The van der Waals surface area contributed by atoms with Crippen LogP contribution in [0.5, 0.6) is 0 Å². The number of rotatable bonds is 4. The van der Waals surface area contributed by atoms with Crippen LogP contribution < -0.4 is 0 Å². The Morgan fingerprint density at radius 2 is 2.37 bits per heavy atom. The van der Waals surface area contributed by atoms with E-state index in [-0.39, 0.29) is 0 Å². The molecule has 0 N–H and O–H groups in total. The van der Waals surface area contributed by atoms with Crippen LogP contribution in [-0.2, 0) is 13.0 Å². The molecule has 1 saturated heterocycles. The van der Waals surface area contributed by atoms with Gasteiger partial charge < -0.3 is 4.57 Å². The number of aryl methyl sites for hydroxylation is 2. The van der Waals surface area contributed by atoms with E-state index in [1.54, 1.807) is 0 Å². The molecule has 2 heterocycles. The highest BCUT2D eigenvalue weighted by Gasteiger charge is 2.19. The van der Waals surface area contributed by atoms with Crippen LogP contribution >= 0.6 is 23.4 Å². The number of nitrogens with zero attached hydrogens (tertiary/aromatic N) is 2. The lowest BCUT2D eigenvalue weighted by Crippen LogP contribution is -2.13. The summed E-state index contributed by atoms with van der Waals surface area (Å²) in [5.74, 6) is 5.17. The summed E-state index contributed by atoms with van der Waals surface area (Å²) in [6.45, 7) is 3.23. The third-order valence-corrected chi connectivity index (χ3v) is 5.26. The molecule has 1 atom stereocenters. The number of imidazole rings is 1. The normalized spacial score (nSPS) is 19.4. The van der Waals surface area contributed by atoms with Crippen LogP contribution in [0, 0.1) is 12.8 Å². The highest BCUT2D eigenvalue weighted by Crippen LogP contribution is 2.28.